The van der Waals surface area contributed by atoms with Crippen LogP contribution in [0.1, 0.15) is 20.7 Å². The van der Waals surface area contributed by atoms with Gasteiger partial charge < -0.3 is 14.2 Å². The SMILES string of the molecule is O=Cc1ccc(OC(=O)c2ccc(OCCOc3ccccc3)cc2)cc1. The third kappa shape index (κ3) is 5.44. The van der Waals surface area contributed by atoms with Crippen molar-refractivity contribution in [1.82, 2.24) is 0 Å². The van der Waals surface area contributed by atoms with Gasteiger partial charge in [0, 0.05) is 5.56 Å². The maximum absolute atomic E-state index is 12.1. The highest BCUT2D eigenvalue weighted by Crippen LogP contribution is 2.16. The summed E-state index contributed by atoms with van der Waals surface area (Å²) in [4.78, 5) is 22.8. The summed E-state index contributed by atoms with van der Waals surface area (Å²) in [5.41, 5.74) is 0.926. The Morgan fingerprint density at radius 1 is 0.704 bits per heavy atom. The first-order valence-corrected chi connectivity index (χ1v) is 8.43. The number of para-hydroxylation sites is 1. The van der Waals surface area contributed by atoms with Crippen LogP contribution in [0, 0.1) is 0 Å². The number of ether oxygens (including phenoxy) is 3. The number of benzene rings is 3. The molecule has 0 N–H and O–H groups in total. The molecule has 0 fully saturated rings. The van der Waals surface area contributed by atoms with Crippen molar-refractivity contribution in [2.75, 3.05) is 13.2 Å². The van der Waals surface area contributed by atoms with Crippen molar-refractivity contribution in [3.8, 4) is 17.2 Å². The number of rotatable bonds is 8. The maximum atomic E-state index is 12.1. The van der Waals surface area contributed by atoms with Crippen molar-refractivity contribution < 1.29 is 23.8 Å². The molecule has 0 amide bonds. The van der Waals surface area contributed by atoms with E-state index >= 15 is 0 Å². The van der Waals surface area contributed by atoms with Gasteiger partial charge in [-0.15, -0.1) is 0 Å². The molecule has 0 aliphatic heterocycles. The molecule has 27 heavy (non-hydrogen) atoms. The Labute approximate surface area is 157 Å². The summed E-state index contributed by atoms with van der Waals surface area (Å²) in [6.07, 6.45) is 0.731. The van der Waals surface area contributed by atoms with E-state index in [1.165, 1.54) is 0 Å². The molecule has 136 valence electrons. The summed E-state index contributed by atoms with van der Waals surface area (Å²) in [5.74, 6) is 1.33. The predicted octanol–water partition coefficient (Wildman–Crippen LogP) is 4.18. The molecule has 0 saturated carbocycles. The molecule has 0 unspecified atom stereocenters. The third-order valence-corrected chi connectivity index (χ3v) is 3.68. The van der Waals surface area contributed by atoms with Gasteiger partial charge in [0.25, 0.3) is 0 Å². The van der Waals surface area contributed by atoms with Crippen molar-refractivity contribution in [3.63, 3.8) is 0 Å². The molecule has 0 spiro atoms. The van der Waals surface area contributed by atoms with Crippen LogP contribution in [0.15, 0.2) is 78.9 Å². The Balaban J connectivity index is 1.47. The van der Waals surface area contributed by atoms with Crippen LogP contribution in [0.4, 0.5) is 0 Å². The second-order valence-electron chi connectivity index (χ2n) is 5.61. The second kappa shape index (κ2) is 9.20. The van der Waals surface area contributed by atoms with E-state index in [0.29, 0.717) is 35.8 Å². The molecule has 3 rings (SSSR count). The highest BCUT2D eigenvalue weighted by Gasteiger charge is 2.09. The van der Waals surface area contributed by atoms with E-state index in [1.54, 1.807) is 48.5 Å². The molecule has 5 nitrogen and oxygen atoms in total. The first kappa shape index (κ1) is 18.2. The molecule has 5 heteroatoms. The fourth-order valence-corrected chi connectivity index (χ4v) is 2.30. The second-order valence-corrected chi connectivity index (χ2v) is 5.61. The molecule has 0 heterocycles. The van der Waals surface area contributed by atoms with Crippen molar-refractivity contribution in [3.05, 3.63) is 90.0 Å². The first-order valence-electron chi connectivity index (χ1n) is 8.43. The van der Waals surface area contributed by atoms with E-state index in [2.05, 4.69) is 0 Å². The average Bonchev–Trinajstić information content (AvgIpc) is 2.73. The Bertz CT molecular complexity index is 871. The third-order valence-electron chi connectivity index (χ3n) is 3.68. The topological polar surface area (TPSA) is 61.8 Å². The maximum Gasteiger partial charge on any atom is 0.343 e. The number of esters is 1. The molecular weight excluding hydrogens is 344 g/mol. The summed E-state index contributed by atoms with van der Waals surface area (Å²) in [6.45, 7) is 0.812. The van der Waals surface area contributed by atoms with E-state index in [-0.39, 0.29) is 0 Å². The smallest absolute Gasteiger partial charge is 0.343 e. The molecule has 3 aromatic carbocycles. The fraction of sp³-hybridized carbons (Fsp3) is 0.0909. The van der Waals surface area contributed by atoms with Crippen LogP contribution in [-0.2, 0) is 0 Å². The van der Waals surface area contributed by atoms with Crippen molar-refractivity contribution >= 4 is 12.3 Å². The summed E-state index contributed by atoms with van der Waals surface area (Å²) >= 11 is 0. The zero-order chi connectivity index (χ0) is 18.9. The van der Waals surface area contributed by atoms with Crippen LogP contribution < -0.4 is 14.2 Å². The van der Waals surface area contributed by atoms with Crippen molar-refractivity contribution in [1.29, 1.82) is 0 Å². The molecule has 0 saturated heterocycles. The van der Waals surface area contributed by atoms with Gasteiger partial charge in [0.05, 0.1) is 5.56 Å². The van der Waals surface area contributed by atoms with Gasteiger partial charge in [0.2, 0.25) is 0 Å². The molecule has 0 atom stereocenters. The zero-order valence-electron chi connectivity index (χ0n) is 14.5. The quantitative estimate of drug-likeness (QED) is 0.260. The Morgan fingerprint density at radius 3 is 1.85 bits per heavy atom. The lowest BCUT2D eigenvalue weighted by molar-refractivity contribution is 0.0734. The number of hydrogen-bond acceptors (Lipinski definition) is 5. The summed E-state index contributed by atoms with van der Waals surface area (Å²) in [5, 5.41) is 0. The highest BCUT2D eigenvalue weighted by atomic mass is 16.5. The standard InChI is InChI=1S/C22H18O5/c23-16-17-6-10-21(11-7-17)27-22(24)18-8-12-20(13-9-18)26-15-14-25-19-4-2-1-3-5-19/h1-13,16H,14-15H2. The zero-order valence-corrected chi connectivity index (χ0v) is 14.5. The minimum atomic E-state index is -0.479. The van der Waals surface area contributed by atoms with Gasteiger partial charge in [-0.25, -0.2) is 4.79 Å². The normalized spacial score (nSPS) is 10.1. The lowest BCUT2D eigenvalue weighted by Crippen LogP contribution is -2.10. The largest absolute Gasteiger partial charge is 0.490 e. The van der Waals surface area contributed by atoms with Crippen LogP contribution in [0.2, 0.25) is 0 Å². The number of aldehydes is 1. The molecular formula is C22H18O5. The number of carbonyl (C=O) groups is 2. The van der Waals surface area contributed by atoms with Crippen LogP contribution in [0.3, 0.4) is 0 Å². The van der Waals surface area contributed by atoms with E-state index in [4.69, 9.17) is 14.2 Å². The first-order chi connectivity index (χ1) is 13.2. The van der Waals surface area contributed by atoms with Gasteiger partial charge in [-0.2, -0.15) is 0 Å². The predicted molar refractivity (Wildman–Crippen MR) is 101 cm³/mol. The van der Waals surface area contributed by atoms with Gasteiger partial charge in [-0.1, -0.05) is 18.2 Å². The van der Waals surface area contributed by atoms with E-state index in [9.17, 15) is 9.59 Å². The van der Waals surface area contributed by atoms with Crippen LogP contribution in [-0.4, -0.2) is 25.5 Å². The molecule has 0 aliphatic rings. The fourth-order valence-electron chi connectivity index (χ4n) is 2.30. The van der Waals surface area contributed by atoms with Crippen LogP contribution in [0.25, 0.3) is 0 Å². The number of carbonyl (C=O) groups excluding carboxylic acids is 2. The minimum Gasteiger partial charge on any atom is -0.490 e. The molecule has 0 aliphatic carbocycles. The summed E-state index contributed by atoms with van der Waals surface area (Å²) in [7, 11) is 0. The molecule has 0 aromatic heterocycles. The lowest BCUT2D eigenvalue weighted by Gasteiger charge is -2.09. The molecule has 0 radical (unpaired) electrons. The van der Waals surface area contributed by atoms with Gasteiger partial charge >= 0.3 is 5.97 Å². The average molecular weight is 362 g/mol. The van der Waals surface area contributed by atoms with Crippen molar-refractivity contribution in [2.45, 2.75) is 0 Å². The van der Waals surface area contributed by atoms with E-state index in [1.807, 2.05) is 30.3 Å². The molecule has 3 aromatic rings. The summed E-state index contributed by atoms with van der Waals surface area (Å²) < 4.78 is 16.4. The summed E-state index contributed by atoms with van der Waals surface area (Å²) in [6, 6.07) is 22.5. The Morgan fingerprint density at radius 2 is 1.26 bits per heavy atom. The van der Waals surface area contributed by atoms with E-state index < -0.39 is 5.97 Å². The van der Waals surface area contributed by atoms with Crippen LogP contribution in [0.5, 0.6) is 17.2 Å². The van der Waals surface area contributed by atoms with Crippen LogP contribution >= 0.6 is 0 Å². The van der Waals surface area contributed by atoms with E-state index in [0.717, 1.165) is 12.0 Å². The Hall–Kier alpha value is -3.60. The molecule has 0 bridgehead atoms. The minimum absolute atomic E-state index is 0.379. The van der Waals surface area contributed by atoms with Gasteiger partial charge in [-0.05, 0) is 60.7 Å². The number of hydrogen-bond donors (Lipinski definition) is 0. The lowest BCUT2D eigenvalue weighted by atomic mass is 10.2. The monoisotopic (exact) mass is 362 g/mol. The highest BCUT2D eigenvalue weighted by molar-refractivity contribution is 5.91. The van der Waals surface area contributed by atoms with Gasteiger partial charge in [0.1, 0.15) is 36.7 Å². The van der Waals surface area contributed by atoms with Gasteiger partial charge in [0.15, 0.2) is 0 Å². The Kier molecular flexibility index (Phi) is 6.20. The van der Waals surface area contributed by atoms with Crippen molar-refractivity contribution in [2.24, 2.45) is 0 Å². The van der Waals surface area contributed by atoms with Gasteiger partial charge in [-0.3, -0.25) is 4.79 Å².